The Bertz CT molecular complexity index is 273. The highest BCUT2D eigenvalue weighted by molar-refractivity contribution is 6.30. The van der Waals surface area contributed by atoms with Crippen LogP contribution in [0, 0.1) is 0 Å². The van der Waals surface area contributed by atoms with E-state index in [1.807, 2.05) is 38.4 Å². The number of nitrogens with two attached hydrogens (primary N) is 1. The highest BCUT2D eigenvalue weighted by Crippen LogP contribution is 2.20. The zero-order valence-electron chi connectivity index (χ0n) is 8.00. The summed E-state index contributed by atoms with van der Waals surface area (Å²) in [5.74, 6) is 0. The van der Waals surface area contributed by atoms with Crippen LogP contribution in [0.1, 0.15) is 11.6 Å². The van der Waals surface area contributed by atoms with Crippen molar-refractivity contribution in [3.05, 3.63) is 34.9 Å². The van der Waals surface area contributed by atoms with Gasteiger partial charge in [0.25, 0.3) is 0 Å². The molecular weight excluding hydrogens is 184 g/mol. The Morgan fingerprint density at radius 3 is 2.62 bits per heavy atom. The number of likely N-dealkylation sites (N-methyl/N-ethyl adjacent to an activating group) is 1. The number of nitrogens with zero attached hydrogens (tertiary/aromatic N) is 1. The number of benzene rings is 1. The summed E-state index contributed by atoms with van der Waals surface area (Å²) in [5.41, 5.74) is 6.84. The molecule has 0 aliphatic carbocycles. The molecular formula is C10H15ClN2. The second kappa shape index (κ2) is 4.61. The van der Waals surface area contributed by atoms with Crippen molar-refractivity contribution in [2.75, 3.05) is 20.6 Å². The van der Waals surface area contributed by atoms with Crippen LogP contribution in [0.3, 0.4) is 0 Å². The average molecular weight is 199 g/mol. The van der Waals surface area contributed by atoms with Crippen LogP contribution in [0.25, 0.3) is 0 Å². The Balaban J connectivity index is 2.91. The van der Waals surface area contributed by atoms with Gasteiger partial charge in [-0.25, -0.2) is 0 Å². The van der Waals surface area contributed by atoms with Crippen LogP contribution in [0.4, 0.5) is 0 Å². The monoisotopic (exact) mass is 198 g/mol. The molecule has 2 nitrogen and oxygen atoms in total. The molecule has 0 heterocycles. The highest BCUT2D eigenvalue weighted by Gasteiger charge is 2.11. The Morgan fingerprint density at radius 2 is 2.15 bits per heavy atom. The van der Waals surface area contributed by atoms with Gasteiger partial charge in [0.05, 0.1) is 0 Å². The zero-order valence-corrected chi connectivity index (χ0v) is 8.75. The fourth-order valence-electron chi connectivity index (χ4n) is 1.36. The molecule has 1 rings (SSSR count). The van der Waals surface area contributed by atoms with Gasteiger partial charge < -0.3 is 10.6 Å². The molecule has 0 aliphatic rings. The van der Waals surface area contributed by atoms with E-state index in [1.54, 1.807) is 0 Å². The van der Waals surface area contributed by atoms with Crippen LogP contribution in [0.15, 0.2) is 24.3 Å². The van der Waals surface area contributed by atoms with E-state index >= 15 is 0 Å². The fourth-order valence-corrected chi connectivity index (χ4v) is 1.56. The molecule has 1 atom stereocenters. The maximum absolute atomic E-state index is 5.89. The summed E-state index contributed by atoms with van der Waals surface area (Å²) in [7, 11) is 4.02. The number of hydrogen-bond donors (Lipinski definition) is 1. The van der Waals surface area contributed by atoms with Gasteiger partial charge in [-0.05, 0) is 31.8 Å². The average Bonchev–Trinajstić information content (AvgIpc) is 2.04. The van der Waals surface area contributed by atoms with Gasteiger partial charge in [0.2, 0.25) is 0 Å². The van der Waals surface area contributed by atoms with Crippen molar-refractivity contribution < 1.29 is 0 Å². The van der Waals surface area contributed by atoms with E-state index in [2.05, 4.69) is 4.90 Å². The second-order valence-corrected chi connectivity index (χ2v) is 3.71. The highest BCUT2D eigenvalue weighted by atomic mass is 35.5. The smallest absolute Gasteiger partial charge is 0.0465 e. The standard InChI is InChI=1S/C10H15ClN2/c1-13(2)10(7-12)8-4-3-5-9(11)6-8/h3-6,10H,7,12H2,1-2H3. The maximum Gasteiger partial charge on any atom is 0.0465 e. The Kier molecular flexibility index (Phi) is 3.72. The number of halogens is 1. The molecule has 1 aromatic rings. The quantitative estimate of drug-likeness (QED) is 0.804. The molecule has 0 saturated carbocycles. The molecule has 13 heavy (non-hydrogen) atoms. The van der Waals surface area contributed by atoms with E-state index in [9.17, 15) is 0 Å². The van der Waals surface area contributed by atoms with Crippen molar-refractivity contribution in [3.8, 4) is 0 Å². The van der Waals surface area contributed by atoms with E-state index in [0.717, 1.165) is 5.02 Å². The van der Waals surface area contributed by atoms with Crippen LogP contribution in [0.2, 0.25) is 5.02 Å². The van der Waals surface area contributed by atoms with Crippen LogP contribution in [-0.2, 0) is 0 Å². The fraction of sp³-hybridized carbons (Fsp3) is 0.400. The molecule has 0 spiro atoms. The van der Waals surface area contributed by atoms with Gasteiger partial charge in [-0.1, -0.05) is 23.7 Å². The summed E-state index contributed by atoms with van der Waals surface area (Å²) in [6, 6.07) is 8.07. The van der Waals surface area contributed by atoms with Gasteiger partial charge in [0.1, 0.15) is 0 Å². The summed E-state index contributed by atoms with van der Waals surface area (Å²) in [5, 5.41) is 0.762. The van der Waals surface area contributed by atoms with Gasteiger partial charge in [-0.15, -0.1) is 0 Å². The summed E-state index contributed by atoms with van der Waals surface area (Å²) in [6.45, 7) is 0.605. The molecule has 0 amide bonds. The number of hydrogen-bond acceptors (Lipinski definition) is 2. The lowest BCUT2D eigenvalue weighted by molar-refractivity contribution is 0.306. The van der Waals surface area contributed by atoms with Crippen molar-refractivity contribution in [3.63, 3.8) is 0 Å². The third-order valence-electron chi connectivity index (χ3n) is 2.08. The first kappa shape index (κ1) is 10.5. The minimum atomic E-state index is 0.249. The Morgan fingerprint density at radius 1 is 1.46 bits per heavy atom. The van der Waals surface area contributed by atoms with Gasteiger partial charge in [-0.2, -0.15) is 0 Å². The van der Waals surface area contributed by atoms with Crippen LogP contribution in [0.5, 0.6) is 0 Å². The van der Waals surface area contributed by atoms with Gasteiger partial charge in [0, 0.05) is 17.6 Å². The topological polar surface area (TPSA) is 29.3 Å². The van der Waals surface area contributed by atoms with E-state index < -0.39 is 0 Å². The third kappa shape index (κ3) is 2.69. The van der Waals surface area contributed by atoms with E-state index in [0.29, 0.717) is 6.54 Å². The molecule has 1 unspecified atom stereocenters. The lowest BCUT2D eigenvalue weighted by atomic mass is 10.1. The SMILES string of the molecule is CN(C)C(CN)c1cccc(Cl)c1. The van der Waals surface area contributed by atoms with E-state index in [1.165, 1.54) is 5.56 Å². The minimum absolute atomic E-state index is 0.249. The molecule has 0 radical (unpaired) electrons. The van der Waals surface area contributed by atoms with Crippen molar-refractivity contribution in [2.24, 2.45) is 5.73 Å². The Labute approximate surface area is 84.3 Å². The van der Waals surface area contributed by atoms with E-state index in [4.69, 9.17) is 17.3 Å². The molecule has 0 aliphatic heterocycles. The molecule has 1 aromatic carbocycles. The first-order valence-corrected chi connectivity index (χ1v) is 4.65. The predicted molar refractivity (Wildman–Crippen MR) is 56.9 cm³/mol. The van der Waals surface area contributed by atoms with Crippen LogP contribution in [-0.4, -0.2) is 25.5 Å². The summed E-state index contributed by atoms with van der Waals surface area (Å²) >= 11 is 5.89. The molecule has 0 fully saturated rings. The van der Waals surface area contributed by atoms with Crippen LogP contribution < -0.4 is 5.73 Å². The Hall–Kier alpha value is -0.570. The molecule has 72 valence electrons. The molecule has 2 N–H and O–H groups in total. The normalized spacial score (nSPS) is 13.3. The molecule has 3 heteroatoms. The van der Waals surface area contributed by atoms with Gasteiger partial charge >= 0.3 is 0 Å². The van der Waals surface area contributed by atoms with Gasteiger partial charge in [-0.3, -0.25) is 0 Å². The first-order chi connectivity index (χ1) is 6.15. The van der Waals surface area contributed by atoms with Crippen molar-refractivity contribution in [1.82, 2.24) is 4.90 Å². The molecule has 0 saturated heterocycles. The second-order valence-electron chi connectivity index (χ2n) is 3.27. The first-order valence-electron chi connectivity index (χ1n) is 4.27. The summed E-state index contributed by atoms with van der Waals surface area (Å²) < 4.78 is 0. The molecule has 0 aromatic heterocycles. The van der Waals surface area contributed by atoms with Crippen molar-refractivity contribution in [1.29, 1.82) is 0 Å². The van der Waals surface area contributed by atoms with E-state index in [-0.39, 0.29) is 6.04 Å². The summed E-state index contributed by atoms with van der Waals surface area (Å²) in [4.78, 5) is 2.09. The van der Waals surface area contributed by atoms with Gasteiger partial charge in [0.15, 0.2) is 0 Å². The third-order valence-corrected chi connectivity index (χ3v) is 2.32. The lowest BCUT2D eigenvalue weighted by Gasteiger charge is -2.23. The minimum Gasteiger partial charge on any atom is -0.329 e. The molecule has 0 bridgehead atoms. The number of rotatable bonds is 3. The van der Waals surface area contributed by atoms with Crippen molar-refractivity contribution >= 4 is 11.6 Å². The van der Waals surface area contributed by atoms with Crippen molar-refractivity contribution in [2.45, 2.75) is 6.04 Å². The predicted octanol–water partition coefficient (Wildman–Crippen LogP) is 1.90. The zero-order chi connectivity index (χ0) is 9.84. The van der Waals surface area contributed by atoms with Crippen LogP contribution >= 0.6 is 11.6 Å². The summed E-state index contributed by atoms with van der Waals surface area (Å²) in [6.07, 6.45) is 0. The maximum atomic E-state index is 5.89. The lowest BCUT2D eigenvalue weighted by Crippen LogP contribution is -2.27. The largest absolute Gasteiger partial charge is 0.329 e.